The van der Waals surface area contributed by atoms with Crippen LogP contribution in [0.2, 0.25) is 0 Å². The van der Waals surface area contributed by atoms with E-state index in [-0.39, 0.29) is 0 Å². The molecule has 0 fully saturated rings. The van der Waals surface area contributed by atoms with Gasteiger partial charge in [0.15, 0.2) is 0 Å². The molecule has 0 radical (unpaired) electrons. The highest BCUT2D eigenvalue weighted by Gasteiger charge is 2.21. The van der Waals surface area contributed by atoms with Gasteiger partial charge in [-0.3, -0.25) is 0 Å². The lowest BCUT2D eigenvalue weighted by Gasteiger charge is -2.15. The van der Waals surface area contributed by atoms with Crippen molar-refractivity contribution in [3.63, 3.8) is 0 Å². The fraction of sp³-hybridized carbons (Fsp3) is 1.00. The van der Waals surface area contributed by atoms with Gasteiger partial charge in [0.2, 0.25) is 0 Å². The molecule has 0 aliphatic heterocycles. The molecule has 0 heterocycles. The van der Waals surface area contributed by atoms with Crippen molar-refractivity contribution in [3.05, 3.63) is 0 Å². The number of rotatable bonds is 33. The first-order valence-corrected chi connectivity index (χ1v) is 13.2. The molecule has 0 N–H and O–H groups in total. The topological polar surface area (TPSA) is 111 Å². The Morgan fingerprint density at radius 3 is 0.919 bits per heavy atom. The van der Waals surface area contributed by atoms with Crippen molar-refractivity contribution in [3.8, 4) is 0 Å². The van der Waals surface area contributed by atoms with Crippen molar-refractivity contribution in [2.24, 2.45) is 0 Å². The quantitative estimate of drug-likeness (QED) is 0.0879. The maximum absolute atomic E-state index is 5.65. The molecule has 222 valence electrons. The van der Waals surface area contributed by atoms with Crippen molar-refractivity contribution in [1.29, 1.82) is 0 Å². The van der Waals surface area contributed by atoms with E-state index in [1.807, 2.05) is 0 Å². The minimum absolute atomic E-state index is 0.311. The maximum atomic E-state index is 5.65. The number of hydrogen-bond donors (Lipinski definition) is 0. The minimum atomic E-state index is -0.838. The fourth-order valence-electron chi connectivity index (χ4n) is 2.47. The van der Waals surface area contributed by atoms with Gasteiger partial charge < -0.3 is 56.6 Å². The van der Waals surface area contributed by atoms with E-state index in [0.717, 1.165) is 19.4 Å². The molecule has 0 rings (SSSR count). The average Bonchev–Trinajstić information content (AvgIpc) is 2.91. The lowest BCUT2D eigenvalue weighted by Crippen LogP contribution is -2.32. The SMILES string of the molecule is CCCCOCCOCCOB(OCCOCCOCCOC)OCCOCCOCCOCCOC. The van der Waals surface area contributed by atoms with Gasteiger partial charge in [0.1, 0.15) is 0 Å². The molecule has 0 spiro atoms. The van der Waals surface area contributed by atoms with E-state index in [2.05, 4.69) is 6.92 Å². The Morgan fingerprint density at radius 2 is 0.622 bits per heavy atom. The molecule has 0 aliphatic carbocycles. The standard InChI is InChI=1S/C24H51BO12/c1-4-5-6-28-11-12-32-19-22-35-25(36-23-20-33-17-14-30-10-8-27-3)37-24-21-34-18-16-31-15-13-29-9-7-26-2/h4-24H2,1-3H3. The summed E-state index contributed by atoms with van der Waals surface area (Å²) in [6.45, 7) is 11.4. The Hall–Kier alpha value is -0.415. The summed E-state index contributed by atoms with van der Waals surface area (Å²) in [4.78, 5) is 0. The molecular weight excluding hydrogens is 491 g/mol. The molecule has 13 heteroatoms. The van der Waals surface area contributed by atoms with Crippen LogP contribution >= 0.6 is 0 Å². The van der Waals surface area contributed by atoms with Crippen LogP contribution in [0.1, 0.15) is 19.8 Å². The molecule has 0 saturated heterocycles. The van der Waals surface area contributed by atoms with Crippen LogP contribution in [0.3, 0.4) is 0 Å². The van der Waals surface area contributed by atoms with Gasteiger partial charge in [0, 0.05) is 20.8 Å². The van der Waals surface area contributed by atoms with Crippen LogP contribution in [-0.4, -0.2) is 147 Å². The molecule has 0 aromatic rings. The van der Waals surface area contributed by atoms with E-state index in [9.17, 15) is 0 Å². The Balaban J connectivity index is 3.85. The fourth-order valence-corrected chi connectivity index (χ4v) is 2.47. The van der Waals surface area contributed by atoms with Crippen LogP contribution in [0.4, 0.5) is 0 Å². The van der Waals surface area contributed by atoms with Gasteiger partial charge in [0.05, 0.1) is 119 Å². The lowest BCUT2D eigenvalue weighted by atomic mass is 10.2. The van der Waals surface area contributed by atoms with E-state index in [0.29, 0.717) is 119 Å². The van der Waals surface area contributed by atoms with Crippen LogP contribution in [0, 0.1) is 0 Å². The van der Waals surface area contributed by atoms with E-state index in [1.54, 1.807) is 14.2 Å². The molecule has 0 aromatic heterocycles. The Kier molecular flexibility index (Phi) is 33.2. The molecule has 0 aliphatic rings. The zero-order valence-electron chi connectivity index (χ0n) is 23.3. The summed E-state index contributed by atoms with van der Waals surface area (Å²) in [7, 11) is 2.44. The average molecular weight is 542 g/mol. The summed E-state index contributed by atoms with van der Waals surface area (Å²) >= 11 is 0. The summed E-state index contributed by atoms with van der Waals surface area (Å²) in [5, 5.41) is 0. The minimum Gasteiger partial charge on any atom is -0.383 e. The molecular formula is C24H51BO12. The van der Waals surface area contributed by atoms with Crippen molar-refractivity contribution in [2.45, 2.75) is 19.8 Å². The van der Waals surface area contributed by atoms with Crippen LogP contribution in [0.25, 0.3) is 0 Å². The van der Waals surface area contributed by atoms with E-state index in [4.69, 9.17) is 56.6 Å². The zero-order chi connectivity index (χ0) is 26.9. The Morgan fingerprint density at radius 1 is 0.351 bits per heavy atom. The molecule has 0 unspecified atom stereocenters. The third-order valence-electron chi connectivity index (χ3n) is 4.44. The molecule has 12 nitrogen and oxygen atoms in total. The Labute approximate surface area is 223 Å². The maximum Gasteiger partial charge on any atom is 0.639 e. The van der Waals surface area contributed by atoms with Gasteiger partial charge in [-0.25, -0.2) is 0 Å². The van der Waals surface area contributed by atoms with Crippen LogP contribution in [-0.2, 0) is 56.6 Å². The van der Waals surface area contributed by atoms with E-state index in [1.165, 1.54) is 0 Å². The predicted octanol–water partition coefficient (Wildman–Crippen LogP) is 1.23. The first kappa shape index (κ1) is 36.6. The number of unbranched alkanes of at least 4 members (excludes halogenated alkanes) is 1. The lowest BCUT2D eigenvalue weighted by molar-refractivity contribution is -0.0118. The summed E-state index contributed by atoms with van der Waals surface area (Å²) in [5.41, 5.74) is 0. The van der Waals surface area contributed by atoms with Crippen LogP contribution < -0.4 is 0 Å². The number of methoxy groups -OCH3 is 2. The second-order valence-corrected chi connectivity index (χ2v) is 7.53. The zero-order valence-corrected chi connectivity index (χ0v) is 23.3. The van der Waals surface area contributed by atoms with Gasteiger partial charge in [-0.15, -0.1) is 0 Å². The number of ether oxygens (including phenoxy) is 9. The highest BCUT2D eigenvalue weighted by Crippen LogP contribution is 1.96. The normalized spacial score (nSPS) is 11.4. The molecule has 0 bridgehead atoms. The second kappa shape index (κ2) is 33.6. The molecule has 0 amide bonds. The van der Waals surface area contributed by atoms with E-state index >= 15 is 0 Å². The summed E-state index contributed by atoms with van der Waals surface area (Å²) in [6.07, 6.45) is 2.18. The van der Waals surface area contributed by atoms with Gasteiger partial charge in [-0.05, 0) is 6.42 Å². The monoisotopic (exact) mass is 542 g/mol. The third kappa shape index (κ3) is 31.7. The third-order valence-corrected chi connectivity index (χ3v) is 4.44. The summed E-state index contributed by atoms with van der Waals surface area (Å²) in [5.74, 6) is 0. The molecule has 0 atom stereocenters. The van der Waals surface area contributed by atoms with Gasteiger partial charge in [-0.1, -0.05) is 13.3 Å². The van der Waals surface area contributed by atoms with Gasteiger partial charge >= 0.3 is 7.32 Å². The predicted molar refractivity (Wildman–Crippen MR) is 138 cm³/mol. The highest BCUT2D eigenvalue weighted by atomic mass is 16.7. The van der Waals surface area contributed by atoms with Gasteiger partial charge in [-0.2, -0.15) is 0 Å². The van der Waals surface area contributed by atoms with E-state index < -0.39 is 7.32 Å². The largest absolute Gasteiger partial charge is 0.639 e. The van der Waals surface area contributed by atoms with Gasteiger partial charge in [0.25, 0.3) is 0 Å². The van der Waals surface area contributed by atoms with Crippen molar-refractivity contribution in [2.75, 3.05) is 140 Å². The first-order chi connectivity index (χ1) is 18.3. The first-order valence-electron chi connectivity index (χ1n) is 13.2. The highest BCUT2D eigenvalue weighted by molar-refractivity contribution is 6.36. The summed E-state index contributed by atoms with van der Waals surface area (Å²) < 4.78 is 64.9. The van der Waals surface area contributed by atoms with Crippen molar-refractivity contribution < 1.29 is 56.6 Å². The molecule has 0 aromatic carbocycles. The smallest absolute Gasteiger partial charge is 0.383 e. The summed E-state index contributed by atoms with van der Waals surface area (Å²) in [6, 6.07) is 0. The molecule has 0 saturated carbocycles. The van der Waals surface area contributed by atoms with Crippen LogP contribution in [0.15, 0.2) is 0 Å². The van der Waals surface area contributed by atoms with Crippen LogP contribution in [0.5, 0.6) is 0 Å². The number of hydrogen-bond acceptors (Lipinski definition) is 12. The van der Waals surface area contributed by atoms with Crippen molar-refractivity contribution in [1.82, 2.24) is 0 Å². The molecule has 37 heavy (non-hydrogen) atoms. The van der Waals surface area contributed by atoms with Crippen molar-refractivity contribution >= 4 is 7.32 Å². The Bertz CT molecular complexity index is 390. The second-order valence-electron chi connectivity index (χ2n) is 7.53.